The summed E-state index contributed by atoms with van der Waals surface area (Å²) in [4.78, 5) is 12.2. The van der Waals surface area contributed by atoms with Gasteiger partial charge >= 0.3 is 0 Å². The second-order valence-electron chi connectivity index (χ2n) is 4.78. The molecule has 2 aromatic carbocycles. The Bertz CT molecular complexity index is 706. The zero-order chi connectivity index (χ0) is 15.2. The number of amides is 1. The van der Waals surface area contributed by atoms with Crippen LogP contribution in [0.4, 0.5) is 5.69 Å². The topological polar surface area (TPSA) is 55.1 Å². The van der Waals surface area contributed by atoms with Gasteiger partial charge < -0.3 is 11.1 Å². The lowest BCUT2D eigenvalue weighted by molar-refractivity contribution is 0.102. The Balaban J connectivity index is 2.15. The maximum Gasteiger partial charge on any atom is 0.255 e. The number of hydrogen-bond donors (Lipinski definition) is 2. The Morgan fingerprint density at radius 1 is 1.14 bits per heavy atom. The molecule has 3 nitrogen and oxygen atoms in total. The summed E-state index contributed by atoms with van der Waals surface area (Å²) in [6.45, 7) is 4.35. The minimum absolute atomic E-state index is 0.123. The van der Waals surface area contributed by atoms with Crippen molar-refractivity contribution in [2.75, 3.05) is 11.9 Å². The Morgan fingerprint density at radius 2 is 1.86 bits per heavy atom. The summed E-state index contributed by atoms with van der Waals surface area (Å²) >= 11 is 0. The average Bonchev–Trinajstić information content (AvgIpc) is 2.50. The normalized spacial score (nSPS) is 9.67. The second kappa shape index (κ2) is 6.74. The van der Waals surface area contributed by atoms with Crippen molar-refractivity contribution in [2.24, 2.45) is 5.73 Å². The van der Waals surface area contributed by atoms with Crippen LogP contribution < -0.4 is 11.1 Å². The molecule has 2 rings (SSSR count). The average molecular weight is 278 g/mol. The smallest absolute Gasteiger partial charge is 0.255 e. The summed E-state index contributed by atoms with van der Waals surface area (Å²) in [5.74, 6) is 5.59. The molecule has 2 aromatic rings. The molecule has 1 amide bonds. The molecule has 3 N–H and O–H groups in total. The first-order chi connectivity index (χ1) is 10.1. The van der Waals surface area contributed by atoms with E-state index in [4.69, 9.17) is 5.73 Å². The molecule has 0 aromatic heterocycles. The monoisotopic (exact) mass is 278 g/mol. The molecule has 3 heteroatoms. The van der Waals surface area contributed by atoms with Crippen LogP contribution in [-0.2, 0) is 0 Å². The number of carbonyl (C=O) groups is 1. The van der Waals surface area contributed by atoms with Crippen LogP contribution in [0.3, 0.4) is 0 Å². The summed E-state index contributed by atoms with van der Waals surface area (Å²) in [5, 5.41) is 2.93. The number of nitrogens with two attached hydrogens (primary N) is 1. The molecule has 0 saturated heterocycles. The van der Waals surface area contributed by atoms with E-state index in [1.807, 2.05) is 44.2 Å². The van der Waals surface area contributed by atoms with Crippen molar-refractivity contribution in [3.8, 4) is 11.8 Å². The highest BCUT2D eigenvalue weighted by Gasteiger charge is 2.08. The molecule has 0 atom stereocenters. The molecule has 0 aliphatic heterocycles. The standard InChI is InChI=1S/C18H18N2O/c1-13-5-3-7-17(14(13)2)20-18(21)16-10-8-15(9-11-16)6-4-12-19/h3,5,7-11H,12,19H2,1-2H3,(H,20,21). The zero-order valence-corrected chi connectivity index (χ0v) is 12.2. The summed E-state index contributed by atoms with van der Waals surface area (Å²) < 4.78 is 0. The lowest BCUT2D eigenvalue weighted by Crippen LogP contribution is -2.13. The minimum atomic E-state index is -0.123. The van der Waals surface area contributed by atoms with Crippen LogP contribution in [0.2, 0.25) is 0 Å². The molecule has 0 fully saturated rings. The summed E-state index contributed by atoms with van der Waals surface area (Å²) in [6.07, 6.45) is 0. The highest BCUT2D eigenvalue weighted by Crippen LogP contribution is 2.18. The molecular weight excluding hydrogens is 260 g/mol. The van der Waals surface area contributed by atoms with Gasteiger partial charge in [-0.05, 0) is 55.3 Å². The Morgan fingerprint density at radius 3 is 2.52 bits per heavy atom. The fraction of sp³-hybridized carbons (Fsp3) is 0.167. The van der Waals surface area contributed by atoms with E-state index in [0.717, 1.165) is 22.4 Å². The molecular formula is C18H18N2O. The Labute approximate surface area is 125 Å². The molecule has 0 aliphatic rings. The van der Waals surface area contributed by atoms with Gasteiger partial charge in [0.2, 0.25) is 0 Å². The third kappa shape index (κ3) is 3.71. The third-order valence-corrected chi connectivity index (χ3v) is 3.33. The highest BCUT2D eigenvalue weighted by molar-refractivity contribution is 6.04. The van der Waals surface area contributed by atoms with Crippen molar-refractivity contribution in [3.05, 3.63) is 64.7 Å². The molecule has 0 bridgehead atoms. The number of nitrogens with one attached hydrogen (secondary N) is 1. The zero-order valence-electron chi connectivity index (χ0n) is 12.2. The van der Waals surface area contributed by atoms with Crippen molar-refractivity contribution in [3.63, 3.8) is 0 Å². The van der Waals surface area contributed by atoms with Crippen molar-refractivity contribution >= 4 is 11.6 Å². The largest absolute Gasteiger partial charge is 0.322 e. The first kappa shape index (κ1) is 14.8. The van der Waals surface area contributed by atoms with E-state index in [0.29, 0.717) is 12.1 Å². The van der Waals surface area contributed by atoms with Crippen LogP contribution in [0.25, 0.3) is 0 Å². The number of hydrogen-bond acceptors (Lipinski definition) is 2. The van der Waals surface area contributed by atoms with Gasteiger partial charge in [0.05, 0.1) is 6.54 Å². The van der Waals surface area contributed by atoms with E-state index in [-0.39, 0.29) is 5.91 Å². The fourth-order valence-electron chi connectivity index (χ4n) is 1.94. The minimum Gasteiger partial charge on any atom is -0.322 e. The predicted octanol–water partition coefficient (Wildman–Crippen LogP) is 2.87. The quantitative estimate of drug-likeness (QED) is 0.830. The van der Waals surface area contributed by atoms with Crippen LogP contribution in [0.1, 0.15) is 27.0 Å². The van der Waals surface area contributed by atoms with E-state index in [1.165, 1.54) is 0 Å². The first-order valence-electron chi connectivity index (χ1n) is 6.78. The van der Waals surface area contributed by atoms with Crippen molar-refractivity contribution in [1.29, 1.82) is 0 Å². The number of aryl methyl sites for hydroxylation is 1. The van der Waals surface area contributed by atoms with E-state index in [1.54, 1.807) is 12.1 Å². The maximum absolute atomic E-state index is 12.2. The molecule has 0 heterocycles. The summed E-state index contributed by atoms with van der Waals surface area (Å²) in [6, 6.07) is 13.0. The number of rotatable bonds is 2. The van der Waals surface area contributed by atoms with Gasteiger partial charge in [0, 0.05) is 16.8 Å². The van der Waals surface area contributed by atoms with Gasteiger partial charge in [0.1, 0.15) is 0 Å². The molecule has 0 saturated carbocycles. The lowest BCUT2D eigenvalue weighted by Gasteiger charge is -2.10. The molecule has 106 valence electrons. The second-order valence-corrected chi connectivity index (χ2v) is 4.78. The van der Waals surface area contributed by atoms with Crippen molar-refractivity contribution < 1.29 is 4.79 Å². The van der Waals surface area contributed by atoms with Gasteiger partial charge in [-0.3, -0.25) is 4.79 Å². The van der Waals surface area contributed by atoms with Gasteiger partial charge in [0.15, 0.2) is 0 Å². The van der Waals surface area contributed by atoms with Crippen LogP contribution in [0, 0.1) is 25.7 Å². The molecule has 0 unspecified atom stereocenters. The van der Waals surface area contributed by atoms with E-state index in [9.17, 15) is 4.79 Å². The van der Waals surface area contributed by atoms with Crippen LogP contribution in [-0.4, -0.2) is 12.5 Å². The Hall–Kier alpha value is -2.57. The Kier molecular flexibility index (Phi) is 4.76. The van der Waals surface area contributed by atoms with E-state index in [2.05, 4.69) is 17.2 Å². The predicted molar refractivity (Wildman–Crippen MR) is 86.2 cm³/mol. The molecule has 0 radical (unpaired) electrons. The molecule has 21 heavy (non-hydrogen) atoms. The lowest BCUT2D eigenvalue weighted by atomic mass is 10.1. The van der Waals surface area contributed by atoms with Crippen molar-refractivity contribution in [2.45, 2.75) is 13.8 Å². The SMILES string of the molecule is Cc1cccc(NC(=O)c2ccc(C#CCN)cc2)c1C. The fourth-order valence-corrected chi connectivity index (χ4v) is 1.94. The number of anilines is 1. The van der Waals surface area contributed by atoms with E-state index >= 15 is 0 Å². The number of benzene rings is 2. The van der Waals surface area contributed by atoms with Gasteiger partial charge in [-0.25, -0.2) is 0 Å². The summed E-state index contributed by atoms with van der Waals surface area (Å²) in [7, 11) is 0. The first-order valence-corrected chi connectivity index (χ1v) is 6.78. The van der Waals surface area contributed by atoms with Gasteiger partial charge in [-0.2, -0.15) is 0 Å². The van der Waals surface area contributed by atoms with E-state index < -0.39 is 0 Å². The van der Waals surface area contributed by atoms with Crippen LogP contribution in [0.5, 0.6) is 0 Å². The van der Waals surface area contributed by atoms with Gasteiger partial charge in [0.25, 0.3) is 5.91 Å². The van der Waals surface area contributed by atoms with Gasteiger partial charge in [-0.15, -0.1) is 0 Å². The van der Waals surface area contributed by atoms with Crippen molar-refractivity contribution in [1.82, 2.24) is 0 Å². The third-order valence-electron chi connectivity index (χ3n) is 3.33. The van der Waals surface area contributed by atoms with Crippen LogP contribution in [0.15, 0.2) is 42.5 Å². The van der Waals surface area contributed by atoms with Gasteiger partial charge in [-0.1, -0.05) is 24.0 Å². The molecule has 0 spiro atoms. The number of carbonyl (C=O) groups excluding carboxylic acids is 1. The highest BCUT2D eigenvalue weighted by atomic mass is 16.1. The maximum atomic E-state index is 12.2. The van der Waals surface area contributed by atoms with Crippen LogP contribution >= 0.6 is 0 Å². The molecule has 0 aliphatic carbocycles. The summed E-state index contributed by atoms with van der Waals surface area (Å²) in [5.41, 5.74) is 9.86.